The number of hydrogen-bond acceptors (Lipinski definition) is 4. The molecule has 0 spiro atoms. The normalized spacial score (nSPS) is 11.6. The van der Waals surface area contributed by atoms with E-state index in [0.717, 1.165) is 11.0 Å². The quantitative estimate of drug-likeness (QED) is 0.781. The second-order valence-corrected chi connectivity index (χ2v) is 5.31. The lowest BCUT2D eigenvalue weighted by molar-refractivity contribution is 0.450. The zero-order valence-electron chi connectivity index (χ0n) is 11.9. The van der Waals surface area contributed by atoms with Crippen LogP contribution in [0.3, 0.4) is 0 Å². The van der Waals surface area contributed by atoms with E-state index in [-0.39, 0.29) is 0 Å². The van der Waals surface area contributed by atoms with Gasteiger partial charge in [-0.1, -0.05) is 25.5 Å². The fourth-order valence-electron chi connectivity index (χ4n) is 2.08. The smallest absolute Gasteiger partial charge is 0.209 e. The van der Waals surface area contributed by atoms with E-state index in [9.17, 15) is 0 Å². The molecule has 1 aromatic carbocycles. The number of rotatable bonds is 4. The number of fused-ring (bicyclic) bond motifs is 1. The Hall–Kier alpha value is -2.07. The van der Waals surface area contributed by atoms with Crippen LogP contribution in [0.4, 0.5) is 0 Å². The van der Waals surface area contributed by atoms with E-state index in [4.69, 9.17) is 8.83 Å². The average molecular weight is 270 g/mol. The lowest BCUT2D eigenvalue weighted by Crippen LogP contribution is -2.21. The Bertz CT molecular complexity index is 725. The van der Waals surface area contributed by atoms with Crippen molar-refractivity contribution in [2.75, 3.05) is 0 Å². The molecule has 104 valence electrons. The Labute approximate surface area is 117 Å². The molecule has 20 heavy (non-hydrogen) atoms. The molecular weight excluding hydrogens is 252 g/mol. The van der Waals surface area contributed by atoms with Gasteiger partial charge < -0.3 is 14.2 Å². The van der Waals surface area contributed by atoms with Crippen molar-refractivity contribution in [1.29, 1.82) is 0 Å². The first-order valence-electron chi connectivity index (χ1n) is 6.80. The molecule has 3 aromatic rings. The molecule has 0 aliphatic heterocycles. The third-order valence-corrected chi connectivity index (χ3v) is 3.13. The molecule has 0 fully saturated rings. The van der Waals surface area contributed by atoms with Gasteiger partial charge in [-0.05, 0) is 25.1 Å². The SMILES string of the molecule is Cc1ccc2oc(-c3cnc(CNC(C)C)o3)cc2c1. The zero-order chi connectivity index (χ0) is 14.1. The van der Waals surface area contributed by atoms with Crippen molar-refractivity contribution in [2.45, 2.75) is 33.4 Å². The number of furan rings is 1. The third-order valence-electron chi connectivity index (χ3n) is 3.13. The maximum absolute atomic E-state index is 5.79. The first-order chi connectivity index (χ1) is 9.61. The molecule has 2 aromatic heterocycles. The number of aromatic nitrogens is 1. The van der Waals surface area contributed by atoms with Gasteiger partial charge in [0.2, 0.25) is 5.89 Å². The summed E-state index contributed by atoms with van der Waals surface area (Å²) in [6.07, 6.45) is 1.71. The van der Waals surface area contributed by atoms with E-state index >= 15 is 0 Å². The number of oxazole rings is 1. The molecule has 3 rings (SSSR count). The molecule has 0 bridgehead atoms. The largest absolute Gasteiger partial charge is 0.453 e. The minimum atomic E-state index is 0.402. The summed E-state index contributed by atoms with van der Waals surface area (Å²) < 4.78 is 11.5. The van der Waals surface area contributed by atoms with Crippen molar-refractivity contribution >= 4 is 11.0 Å². The summed E-state index contributed by atoms with van der Waals surface area (Å²) in [5.41, 5.74) is 2.08. The van der Waals surface area contributed by atoms with Gasteiger partial charge in [-0.25, -0.2) is 4.98 Å². The molecule has 2 heterocycles. The first kappa shape index (κ1) is 12.9. The van der Waals surface area contributed by atoms with Gasteiger partial charge in [-0.15, -0.1) is 0 Å². The highest BCUT2D eigenvalue weighted by Crippen LogP contribution is 2.28. The summed E-state index contributed by atoms with van der Waals surface area (Å²) in [7, 11) is 0. The Morgan fingerprint density at radius 2 is 2.00 bits per heavy atom. The summed E-state index contributed by atoms with van der Waals surface area (Å²) in [6.45, 7) is 6.87. The van der Waals surface area contributed by atoms with Crippen LogP contribution >= 0.6 is 0 Å². The van der Waals surface area contributed by atoms with Crippen LogP contribution in [0, 0.1) is 6.92 Å². The van der Waals surface area contributed by atoms with E-state index in [1.165, 1.54) is 5.56 Å². The van der Waals surface area contributed by atoms with E-state index < -0.39 is 0 Å². The van der Waals surface area contributed by atoms with Crippen LogP contribution in [-0.2, 0) is 6.54 Å². The zero-order valence-corrected chi connectivity index (χ0v) is 11.9. The van der Waals surface area contributed by atoms with Gasteiger partial charge >= 0.3 is 0 Å². The molecule has 0 saturated heterocycles. The van der Waals surface area contributed by atoms with E-state index in [0.29, 0.717) is 30.0 Å². The van der Waals surface area contributed by atoms with Crippen LogP contribution in [0.5, 0.6) is 0 Å². The molecular formula is C16H18N2O2. The predicted octanol–water partition coefficient (Wildman–Crippen LogP) is 3.89. The molecule has 0 amide bonds. The molecule has 4 nitrogen and oxygen atoms in total. The monoisotopic (exact) mass is 270 g/mol. The van der Waals surface area contributed by atoms with Crippen LogP contribution in [0.15, 0.2) is 39.3 Å². The van der Waals surface area contributed by atoms with Crippen molar-refractivity contribution in [3.63, 3.8) is 0 Å². The van der Waals surface area contributed by atoms with Crippen molar-refractivity contribution in [3.8, 4) is 11.5 Å². The van der Waals surface area contributed by atoms with Crippen molar-refractivity contribution in [1.82, 2.24) is 10.3 Å². The van der Waals surface area contributed by atoms with Crippen molar-refractivity contribution in [3.05, 3.63) is 41.9 Å². The molecule has 4 heteroatoms. The molecule has 0 radical (unpaired) electrons. The predicted molar refractivity (Wildman–Crippen MR) is 78.4 cm³/mol. The summed E-state index contributed by atoms with van der Waals surface area (Å²) in [5, 5.41) is 4.36. The van der Waals surface area contributed by atoms with Gasteiger partial charge in [0, 0.05) is 11.4 Å². The highest BCUT2D eigenvalue weighted by atomic mass is 16.4. The van der Waals surface area contributed by atoms with E-state index in [1.807, 2.05) is 18.2 Å². The second-order valence-electron chi connectivity index (χ2n) is 5.31. The van der Waals surface area contributed by atoms with Gasteiger partial charge in [0.15, 0.2) is 11.5 Å². The number of benzene rings is 1. The summed E-state index contributed by atoms with van der Waals surface area (Å²) >= 11 is 0. The van der Waals surface area contributed by atoms with Gasteiger partial charge in [-0.2, -0.15) is 0 Å². The van der Waals surface area contributed by atoms with Gasteiger partial charge in [0.25, 0.3) is 0 Å². The Morgan fingerprint density at radius 1 is 1.15 bits per heavy atom. The Morgan fingerprint density at radius 3 is 2.80 bits per heavy atom. The fourth-order valence-corrected chi connectivity index (χ4v) is 2.08. The lowest BCUT2D eigenvalue weighted by Gasteiger charge is -2.03. The Balaban J connectivity index is 1.87. The highest BCUT2D eigenvalue weighted by Gasteiger charge is 2.11. The van der Waals surface area contributed by atoms with Crippen LogP contribution in [-0.4, -0.2) is 11.0 Å². The van der Waals surface area contributed by atoms with Crippen LogP contribution in [0.25, 0.3) is 22.5 Å². The minimum Gasteiger partial charge on any atom is -0.453 e. The number of nitrogens with one attached hydrogen (secondary N) is 1. The van der Waals surface area contributed by atoms with Crippen molar-refractivity contribution < 1.29 is 8.83 Å². The second kappa shape index (κ2) is 5.13. The summed E-state index contributed by atoms with van der Waals surface area (Å²) in [4.78, 5) is 4.26. The van der Waals surface area contributed by atoms with E-state index in [1.54, 1.807) is 6.20 Å². The van der Waals surface area contributed by atoms with Gasteiger partial charge in [0.05, 0.1) is 12.7 Å². The molecule has 0 saturated carbocycles. The standard InChI is InChI=1S/C16H18N2O2/c1-10(2)17-9-16-18-8-15(20-16)14-7-12-6-11(3)4-5-13(12)19-14/h4-8,10,17H,9H2,1-3H3. The topological polar surface area (TPSA) is 51.2 Å². The number of aryl methyl sites for hydroxylation is 1. The summed E-state index contributed by atoms with van der Waals surface area (Å²) in [6, 6.07) is 8.50. The highest BCUT2D eigenvalue weighted by molar-refractivity contribution is 5.82. The van der Waals surface area contributed by atoms with Crippen LogP contribution < -0.4 is 5.32 Å². The maximum Gasteiger partial charge on any atom is 0.209 e. The van der Waals surface area contributed by atoms with Crippen molar-refractivity contribution in [2.24, 2.45) is 0 Å². The molecule has 0 aliphatic carbocycles. The van der Waals surface area contributed by atoms with E-state index in [2.05, 4.69) is 37.1 Å². The lowest BCUT2D eigenvalue weighted by atomic mass is 10.2. The molecule has 1 N–H and O–H groups in total. The van der Waals surface area contributed by atoms with Gasteiger partial charge in [-0.3, -0.25) is 0 Å². The van der Waals surface area contributed by atoms with Gasteiger partial charge in [0.1, 0.15) is 5.58 Å². The molecule has 0 aliphatic rings. The first-order valence-corrected chi connectivity index (χ1v) is 6.80. The number of hydrogen-bond donors (Lipinski definition) is 1. The van der Waals surface area contributed by atoms with Crippen LogP contribution in [0.1, 0.15) is 25.3 Å². The summed E-state index contributed by atoms with van der Waals surface area (Å²) in [5.74, 6) is 2.05. The fraction of sp³-hybridized carbons (Fsp3) is 0.312. The molecule has 0 atom stereocenters. The minimum absolute atomic E-state index is 0.402. The molecule has 0 unspecified atom stereocenters. The maximum atomic E-state index is 5.79. The third kappa shape index (κ3) is 2.60. The van der Waals surface area contributed by atoms with Crippen LogP contribution in [0.2, 0.25) is 0 Å². The number of nitrogens with zero attached hydrogens (tertiary/aromatic N) is 1. The Kier molecular flexibility index (Phi) is 3.32. The average Bonchev–Trinajstić information content (AvgIpc) is 3.01.